The van der Waals surface area contributed by atoms with Gasteiger partial charge in [0.05, 0.1) is 6.61 Å². The molecule has 0 fully saturated rings. The summed E-state index contributed by atoms with van der Waals surface area (Å²) in [6.45, 7) is 0.137. The number of aliphatic hydroxyl groups excluding tert-OH is 1. The summed E-state index contributed by atoms with van der Waals surface area (Å²) < 4.78 is 0. The fraction of sp³-hybridized carbons (Fsp3) is 0.333. The van der Waals surface area contributed by atoms with Crippen molar-refractivity contribution in [3.63, 3.8) is 0 Å². The third-order valence-electron chi connectivity index (χ3n) is 4.84. The minimum Gasteiger partial charge on any atom is -0.395 e. The first kappa shape index (κ1) is 15.1. The highest BCUT2D eigenvalue weighted by atomic mass is 16.3. The lowest BCUT2D eigenvalue weighted by Crippen LogP contribution is -2.33. The second-order valence-corrected chi connectivity index (χ2v) is 6.26. The summed E-state index contributed by atoms with van der Waals surface area (Å²) in [5.41, 5.74) is 3.57. The summed E-state index contributed by atoms with van der Waals surface area (Å²) in [5, 5.41) is 10.4. The molecule has 0 bridgehead atoms. The molecule has 0 spiro atoms. The summed E-state index contributed by atoms with van der Waals surface area (Å²) in [6.07, 6.45) is 8.22. The van der Waals surface area contributed by atoms with Crippen LogP contribution in [-0.4, -0.2) is 11.7 Å². The molecule has 0 aliphatic heterocycles. The zero-order chi connectivity index (χ0) is 15.3. The van der Waals surface area contributed by atoms with Crippen molar-refractivity contribution < 1.29 is 5.11 Å². The molecule has 0 amide bonds. The molecule has 0 heterocycles. The van der Waals surface area contributed by atoms with E-state index in [4.69, 9.17) is 0 Å². The van der Waals surface area contributed by atoms with Crippen LogP contribution in [-0.2, 0) is 5.41 Å². The van der Waals surface area contributed by atoms with Gasteiger partial charge in [0.2, 0.25) is 0 Å². The predicted octanol–water partition coefficient (Wildman–Crippen LogP) is 4.86. The molecule has 2 aromatic rings. The van der Waals surface area contributed by atoms with Crippen molar-refractivity contribution in [1.29, 1.82) is 0 Å². The monoisotopic (exact) mass is 292 g/mol. The summed E-state index contributed by atoms with van der Waals surface area (Å²) >= 11 is 0. The van der Waals surface area contributed by atoms with Crippen LogP contribution in [0.15, 0.2) is 72.3 Å². The molecule has 2 aromatic carbocycles. The Morgan fingerprint density at radius 3 is 1.86 bits per heavy atom. The molecule has 0 saturated heterocycles. The van der Waals surface area contributed by atoms with Gasteiger partial charge in [-0.25, -0.2) is 0 Å². The quantitative estimate of drug-likeness (QED) is 0.781. The third kappa shape index (κ3) is 3.00. The Morgan fingerprint density at radius 1 is 0.818 bits per heavy atom. The van der Waals surface area contributed by atoms with Gasteiger partial charge in [0.25, 0.3) is 0 Å². The van der Waals surface area contributed by atoms with Crippen molar-refractivity contribution in [3.8, 4) is 0 Å². The van der Waals surface area contributed by atoms with E-state index >= 15 is 0 Å². The lowest BCUT2D eigenvalue weighted by Gasteiger charge is -2.35. The number of hydrogen-bond donors (Lipinski definition) is 1. The van der Waals surface area contributed by atoms with Crippen LogP contribution < -0.4 is 0 Å². The Morgan fingerprint density at radius 2 is 1.41 bits per heavy atom. The Labute approximate surface area is 133 Å². The number of allylic oxidation sites excluding steroid dienone is 2. The van der Waals surface area contributed by atoms with Crippen molar-refractivity contribution in [1.82, 2.24) is 0 Å². The van der Waals surface area contributed by atoms with Gasteiger partial charge < -0.3 is 5.11 Å². The average Bonchev–Trinajstić information content (AvgIpc) is 2.62. The SMILES string of the molecule is OCC(CC1=CCCCC1)(c1ccccc1)c1ccccc1. The summed E-state index contributed by atoms with van der Waals surface area (Å²) in [4.78, 5) is 0. The van der Waals surface area contributed by atoms with Gasteiger partial charge >= 0.3 is 0 Å². The van der Waals surface area contributed by atoms with E-state index in [0.717, 1.165) is 6.42 Å². The molecule has 0 unspecified atom stereocenters. The molecule has 0 radical (unpaired) electrons. The Kier molecular flexibility index (Phi) is 4.74. The van der Waals surface area contributed by atoms with Crippen LogP contribution >= 0.6 is 0 Å². The number of hydrogen-bond acceptors (Lipinski definition) is 1. The van der Waals surface area contributed by atoms with E-state index in [9.17, 15) is 5.11 Å². The van der Waals surface area contributed by atoms with Gasteiger partial charge in [0, 0.05) is 5.41 Å². The van der Waals surface area contributed by atoms with Crippen molar-refractivity contribution in [2.45, 2.75) is 37.5 Å². The zero-order valence-electron chi connectivity index (χ0n) is 13.0. The first-order valence-corrected chi connectivity index (χ1v) is 8.25. The first-order chi connectivity index (χ1) is 10.8. The standard InChI is InChI=1S/C21H24O/c22-17-21(19-12-6-2-7-13-19,20-14-8-3-9-15-20)16-18-10-4-1-5-11-18/h2-3,6-10,12-15,22H,1,4-5,11,16-17H2. The normalized spacial score (nSPS) is 15.4. The van der Waals surface area contributed by atoms with Crippen molar-refractivity contribution in [3.05, 3.63) is 83.4 Å². The van der Waals surface area contributed by atoms with E-state index in [0.29, 0.717) is 0 Å². The highest BCUT2D eigenvalue weighted by molar-refractivity contribution is 5.41. The predicted molar refractivity (Wildman–Crippen MR) is 91.9 cm³/mol. The molecular formula is C21H24O. The second-order valence-electron chi connectivity index (χ2n) is 6.26. The molecule has 114 valence electrons. The molecule has 1 aliphatic rings. The van der Waals surface area contributed by atoms with Crippen LogP contribution in [0, 0.1) is 0 Å². The van der Waals surface area contributed by atoms with Crippen LogP contribution in [0.4, 0.5) is 0 Å². The zero-order valence-corrected chi connectivity index (χ0v) is 13.0. The lowest BCUT2D eigenvalue weighted by molar-refractivity contribution is 0.217. The fourth-order valence-electron chi connectivity index (χ4n) is 3.58. The Hall–Kier alpha value is -1.86. The molecule has 1 N–H and O–H groups in total. The molecule has 0 saturated carbocycles. The van der Waals surface area contributed by atoms with E-state index in [1.165, 1.54) is 42.4 Å². The van der Waals surface area contributed by atoms with Crippen molar-refractivity contribution >= 4 is 0 Å². The summed E-state index contributed by atoms with van der Waals surface area (Å²) in [5.74, 6) is 0. The summed E-state index contributed by atoms with van der Waals surface area (Å²) in [7, 11) is 0. The number of benzene rings is 2. The molecule has 0 atom stereocenters. The Balaban J connectivity index is 2.06. The van der Waals surface area contributed by atoms with Gasteiger partial charge in [-0.15, -0.1) is 0 Å². The number of rotatable bonds is 5. The lowest BCUT2D eigenvalue weighted by atomic mass is 9.70. The average molecular weight is 292 g/mol. The van der Waals surface area contributed by atoms with E-state index in [1.807, 2.05) is 12.1 Å². The summed E-state index contributed by atoms with van der Waals surface area (Å²) in [6, 6.07) is 20.9. The van der Waals surface area contributed by atoms with Crippen LogP contribution in [0.25, 0.3) is 0 Å². The fourth-order valence-corrected chi connectivity index (χ4v) is 3.58. The molecule has 3 rings (SSSR count). The topological polar surface area (TPSA) is 20.2 Å². The van der Waals surface area contributed by atoms with E-state index in [1.54, 1.807) is 0 Å². The highest BCUT2D eigenvalue weighted by Gasteiger charge is 2.34. The van der Waals surface area contributed by atoms with Crippen molar-refractivity contribution in [2.75, 3.05) is 6.61 Å². The minimum absolute atomic E-state index is 0.137. The smallest absolute Gasteiger partial charge is 0.0571 e. The molecule has 22 heavy (non-hydrogen) atoms. The minimum atomic E-state index is -0.328. The largest absolute Gasteiger partial charge is 0.395 e. The van der Waals surface area contributed by atoms with E-state index in [2.05, 4.69) is 54.6 Å². The first-order valence-electron chi connectivity index (χ1n) is 8.25. The van der Waals surface area contributed by atoms with Gasteiger partial charge in [-0.05, 0) is 43.2 Å². The second kappa shape index (κ2) is 6.93. The van der Waals surface area contributed by atoms with Crippen LogP contribution in [0.2, 0.25) is 0 Å². The van der Waals surface area contributed by atoms with Gasteiger partial charge in [-0.3, -0.25) is 0 Å². The van der Waals surface area contributed by atoms with Gasteiger partial charge in [-0.1, -0.05) is 72.3 Å². The maximum atomic E-state index is 10.4. The van der Waals surface area contributed by atoms with Crippen LogP contribution in [0.3, 0.4) is 0 Å². The molecule has 0 aromatic heterocycles. The third-order valence-corrected chi connectivity index (χ3v) is 4.84. The van der Waals surface area contributed by atoms with Gasteiger partial charge in [0.15, 0.2) is 0 Å². The maximum Gasteiger partial charge on any atom is 0.0571 e. The highest BCUT2D eigenvalue weighted by Crippen LogP contribution is 2.39. The Bertz CT molecular complexity index is 573. The maximum absolute atomic E-state index is 10.4. The van der Waals surface area contributed by atoms with Crippen LogP contribution in [0.5, 0.6) is 0 Å². The van der Waals surface area contributed by atoms with E-state index in [-0.39, 0.29) is 12.0 Å². The van der Waals surface area contributed by atoms with Crippen molar-refractivity contribution in [2.24, 2.45) is 0 Å². The van der Waals surface area contributed by atoms with Crippen LogP contribution in [0.1, 0.15) is 43.2 Å². The van der Waals surface area contributed by atoms with Gasteiger partial charge in [-0.2, -0.15) is 0 Å². The van der Waals surface area contributed by atoms with Gasteiger partial charge in [0.1, 0.15) is 0 Å². The van der Waals surface area contributed by atoms with E-state index < -0.39 is 0 Å². The molecule has 1 heteroatoms. The molecule has 1 nitrogen and oxygen atoms in total. The number of aliphatic hydroxyl groups is 1. The molecule has 1 aliphatic carbocycles. The molecular weight excluding hydrogens is 268 g/mol.